The van der Waals surface area contributed by atoms with Crippen LogP contribution in [0.4, 0.5) is 11.4 Å². The van der Waals surface area contributed by atoms with Crippen molar-refractivity contribution in [1.29, 1.82) is 0 Å². The number of ether oxygens (including phenoxy) is 2. The van der Waals surface area contributed by atoms with E-state index in [1.807, 2.05) is 87.5 Å². The smallest absolute Gasteiger partial charge is 0.266 e. The number of para-hydroxylation sites is 1. The summed E-state index contributed by atoms with van der Waals surface area (Å²) in [6.45, 7) is 9.02. The minimum absolute atomic E-state index is 0.267. The van der Waals surface area contributed by atoms with Crippen LogP contribution in [-0.4, -0.2) is 31.1 Å². The van der Waals surface area contributed by atoms with Crippen LogP contribution in [0.2, 0.25) is 0 Å². The zero-order valence-corrected chi connectivity index (χ0v) is 22.3. The van der Waals surface area contributed by atoms with Gasteiger partial charge in [-0.15, -0.1) is 0 Å². The number of amides is 2. The fourth-order valence-corrected chi connectivity index (χ4v) is 5.27. The van der Waals surface area contributed by atoms with E-state index in [1.165, 1.54) is 4.90 Å². The number of hydrogen-bond donors (Lipinski definition) is 0. The highest BCUT2D eigenvalue weighted by Crippen LogP contribution is 2.49. The van der Waals surface area contributed by atoms with Crippen molar-refractivity contribution < 1.29 is 23.9 Å². The van der Waals surface area contributed by atoms with Crippen LogP contribution < -0.4 is 19.4 Å². The van der Waals surface area contributed by atoms with Crippen LogP contribution in [0.15, 0.2) is 66.7 Å². The first-order chi connectivity index (χ1) is 18.4. The molecule has 0 aliphatic carbocycles. The highest BCUT2D eigenvalue weighted by atomic mass is 16.7. The minimum atomic E-state index is -0.926. The first kappa shape index (κ1) is 25.8. The lowest BCUT2D eigenvalue weighted by Crippen LogP contribution is -2.37. The lowest BCUT2D eigenvalue weighted by Gasteiger charge is -2.29. The van der Waals surface area contributed by atoms with Gasteiger partial charge in [0, 0.05) is 0 Å². The maximum absolute atomic E-state index is 14.0. The largest absolute Gasteiger partial charge is 0.490 e. The predicted octanol–water partition coefficient (Wildman–Crippen LogP) is 5.93. The van der Waals surface area contributed by atoms with E-state index >= 15 is 0 Å². The van der Waals surface area contributed by atoms with Crippen molar-refractivity contribution in [1.82, 2.24) is 0 Å². The van der Waals surface area contributed by atoms with E-state index in [0.717, 1.165) is 35.2 Å². The van der Waals surface area contributed by atoms with E-state index in [9.17, 15) is 9.59 Å². The number of fused-ring (bicyclic) bond motifs is 1. The Labute approximate surface area is 223 Å². The van der Waals surface area contributed by atoms with Crippen molar-refractivity contribution in [3.05, 3.63) is 83.4 Å². The molecule has 7 heteroatoms. The van der Waals surface area contributed by atoms with Crippen LogP contribution in [-0.2, 0) is 14.4 Å². The summed E-state index contributed by atoms with van der Waals surface area (Å²) in [7, 11) is 0. The highest BCUT2D eigenvalue weighted by Gasteiger charge is 2.60. The number of anilines is 2. The summed E-state index contributed by atoms with van der Waals surface area (Å²) in [5.41, 5.74) is 4.13. The van der Waals surface area contributed by atoms with Gasteiger partial charge in [-0.2, -0.15) is 0 Å². The van der Waals surface area contributed by atoms with Crippen LogP contribution in [0.3, 0.4) is 0 Å². The van der Waals surface area contributed by atoms with E-state index in [-0.39, 0.29) is 11.8 Å². The molecule has 2 fully saturated rings. The lowest BCUT2D eigenvalue weighted by molar-refractivity contribution is -0.126. The summed E-state index contributed by atoms with van der Waals surface area (Å²) in [6, 6.07) is 20.5. The van der Waals surface area contributed by atoms with Gasteiger partial charge in [0.2, 0.25) is 5.91 Å². The molecule has 3 aromatic rings. The first-order valence-corrected chi connectivity index (χ1v) is 13.3. The van der Waals surface area contributed by atoms with Crippen molar-refractivity contribution in [3.8, 4) is 11.5 Å². The van der Waals surface area contributed by atoms with Crippen molar-refractivity contribution in [2.24, 2.45) is 5.92 Å². The first-order valence-electron chi connectivity index (χ1n) is 13.3. The monoisotopic (exact) mass is 514 g/mol. The molecule has 198 valence electrons. The van der Waals surface area contributed by atoms with Crippen molar-refractivity contribution in [3.63, 3.8) is 0 Å². The van der Waals surface area contributed by atoms with Gasteiger partial charge in [0.15, 0.2) is 17.6 Å². The number of benzene rings is 3. The number of aryl methyl sites for hydroxylation is 2. The van der Waals surface area contributed by atoms with Gasteiger partial charge in [-0.3, -0.25) is 14.4 Å². The van der Waals surface area contributed by atoms with Gasteiger partial charge in [0.25, 0.3) is 5.91 Å². The topological polar surface area (TPSA) is 68.3 Å². The van der Waals surface area contributed by atoms with E-state index in [4.69, 9.17) is 14.3 Å². The van der Waals surface area contributed by atoms with Gasteiger partial charge in [0.1, 0.15) is 5.92 Å². The maximum atomic E-state index is 14.0. The third-order valence-electron chi connectivity index (χ3n) is 7.08. The third kappa shape index (κ3) is 4.63. The number of unbranched alkanes of at least 4 members (excludes halogenated alkanes) is 1. The van der Waals surface area contributed by atoms with Crippen LogP contribution in [0.5, 0.6) is 11.5 Å². The number of carbonyl (C=O) groups is 2. The van der Waals surface area contributed by atoms with Crippen LogP contribution >= 0.6 is 0 Å². The zero-order chi connectivity index (χ0) is 26.8. The predicted molar refractivity (Wildman–Crippen MR) is 146 cm³/mol. The second kappa shape index (κ2) is 10.9. The average molecular weight is 515 g/mol. The molecule has 3 aromatic carbocycles. The van der Waals surface area contributed by atoms with Crippen molar-refractivity contribution in [2.75, 3.05) is 23.2 Å². The summed E-state index contributed by atoms with van der Waals surface area (Å²) >= 11 is 0. The number of hydroxylamine groups is 1. The molecular weight excluding hydrogens is 480 g/mol. The Morgan fingerprint density at radius 2 is 1.66 bits per heavy atom. The minimum Gasteiger partial charge on any atom is -0.490 e. The van der Waals surface area contributed by atoms with Crippen LogP contribution in [0.1, 0.15) is 49.4 Å². The fourth-order valence-electron chi connectivity index (χ4n) is 5.27. The number of nitrogens with zero attached hydrogens (tertiary/aromatic N) is 2. The molecule has 0 radical (unpaired) electrons. The Bertz CT molecular complexity index is 1330. The fraction of sp³-hybridized carbons (Fsp3) is 0.355. The highest BCUT2D eigenvalue weighted by molar-refractivity contribution is 6.24. The quantitative estimate of drug-likeness (QED) is 0.260. The Hall–Kier alpha value is -3.84. The summed E-state index contributed by atoms with van der Waals surface area (Å²) in [5.74, 6) is -0.0571. The molecule has 0 unspecified atom stereocenters. The van der Waals surface area contributed by atoms with E-state index in [2.05, 4.69) is 6.92 Å². The number of carbonyl (C=O) groups excluding carboxylic acids is 2. The Morgan fingerprint density at radius 3 is 2.37 bits per heavy atom. The van der Waals surface area contributed by atoms with Crippen molar-refractivity contribution >= 4 is 23.2 Å². The molecule has 0 saturated carbocycles. The summed E-state index contributed by atoms with van der Waals surface area (Å²) in [5, 5.41) is 1.70. The molecule has 2 aliphatic rings. The zero-order valence-electron chi connectivity index (χ0n) is 22.3. The molecule has 0 N–H and O–H groups in total. The van der Waals surface area contributed by atoms with Gasteiger partial charge < -0.3 is 9.47 Å². The third-order valence-corrected chi connectivity index (χ3v) is 7.08. The molecule has 38 heavy (non-hydrogen) atoms. The maximum Gasteiger partial charge on any atom is 0.266 e. The second-order valence-electron chi connectivity index (χ2n) is 9.80. The molecule has 2 saturated heterocycles. The number of imide groups is 1. The summed E-state index contributed by atoms with van der Waals surface area (Å²) in [6.07, 6.45) is 1.05. The molecule has 2 amide bonds. The number of hydrogen-bond acceptors (Lipinski definition) is 6. The second-order valence-corrected chi connectivity index (χ2v) is 9.80. The number of rotatable bonds is 9. The van der Waals surface area contributed by atoms with Crippen molar-refractivity contribution in [2.45, 2.75) is 52.7 Å². The molecule has 3 atom stereocenters. The molecule has 0 spiro atoms. The molecule has 7 nitrogen and oxygen atoms in total. The molecule has 2 aliphatic heterocycles. The normalized spacial score (nSPS) is 20.7. The molecule has 0 bridgehead atoms. The van der Waals surface area contributed by atoms with E-state index in [0.29, 0.717) is 30.4 Å². The average Bonchev–Trinajstić information content (AvgIpc) is 3.42. The van der Waals surface area contributed by atoms with Gasteiger partial charge >= 0.3 is 0 Å². The van der Waals surface area contributed by atoms with Gasteiger partial charge in [0.05, 0.1) is 30.6 Å². The van der Waals surface area contributed by atoms with Gasteiger partial charge in [-0.1, -0.05) is 55.3 Å². The van der Waals surface area contributed by atoms with Crippen LogP contribution in [0.25, 0.3) is 0 Å². The van der Waals surface area contributed by atoms with Crippen LogP contribution in [0, 0.1) is 19.8 Å². The van der Waals surface area contributed by atoms with Gasteiger partial charge in [-0.25, -0.2) is 9.96 Å². The Morgan fingerprint density at radius 1 is 0.868 bits per heavy atom. The molecule has 5 rings (SSSR count). The van der Waals surface area contributed by atoms with Gasteiger partial charge in [-0.05, 0) is 68.7 Å². The van der Waals surface area contributed by atoms with E-state index < -0.39 is 18.1 Å². The SMILES string of the molecule is CCCCOc1ccc([C@H]2[C@H]3C(=O)N(c4ccc(C)cc4C)C(=O)[C@@H]3ON2c2ccccc2)cc1OCC. The summed E-state index contributed by atoms with van der Waals surface area (Å²) < 4.78 is 11.9. The van der Waals surface area contributed by atoms with E-state index in [1.54, 1.807) is 5.06 Å². The Balaban J connectivity index is 1.56. The lowest BCUT2D eigenvalue weighted by atomic mass is 9.90. The Kier molecular flexibility index (Phi) is 7.38. The standard InChI is InChI=1S/C31H34N2O5/c1-5-7-17-37-25-16-14-22(19-26(25)36-6-2)28-27-29(38-33(28)23-11-9-8-10-12-23)31(35)32(30(27)34)24-15-13-20(3)18-21(24)4/h8-16,18-19,27-29H,5-7,17H2,1-4H3/t27-,28+,29-/m1/s1. The summed E-state index contributed by atoms with van der Waals surface area (Å²) in [4.78, 5) is 35.2. The molecule has 2 heterocycles. The molecular formula is C31H34N2O5. The molecule has 0 aromatic heterocycles.